The number of phosphoric acid groups is 1. The highest BCUT2D eigenvalue weighted by Crippen LogP contribution is 2.43. The smallest absolute Gasteiger partial charge is 0.462 e. The van der Waals surface area contributed by atoms with E-state index in [2.05, 4.69) is 24.5 Å². The molecule has 384 valence electrons. The SMILES string of the molecule is CCCCCCCCCCCCCC(=O)OCC(COP(=O)(O)OCC(COC(=O)CCNCC1CC1)OC(=O)CCNCC1CC1)OC(=O)CCCCCCCCCCCCC.Cl.Cl. The van der Waals surface area contributed by atoms with Crippen molar-refractivity contribution in [3.05, 3.63) is 0 Å². The first kappa shape index (κ1) is 63.5. The maximum Gasteiger partial charge on any atom is 0.472 e. The lowest BCUT2D eigenvalue weighted by Gasteiger charge is -2.22. The van der Waals surface area contributed by atoms with Gasteiger partial charge in [-0.15, -0.1) is 24.8 Å². The number of carbonyl (C=O) groups is 4. The average Bonchev–Trinajstić information content (AvgIpc) is 4.21. The third-order valence-corrected chi connectivity index (χ3v) is 12.5. The number of unbranched alkanes of at least 4 members (excludes halogenated alkanes) is 20. The van der Waals surface area contributed by atoms with Gasteiger partial charge < -0.3 is 34.5 Å². The quantitative estimate of drug-likeness (QED) is 0.0226. The van der Waals surface area contributed by atoms with Crippen molar-refractivity contribution in [2.24, 2.45) is 11.8 Å². The van der Waals surface area contributed by atoms with Crippen molar-refractivity contribution in [1.82, 2.24) is 10.6 Å². The maximum absolute atomic E-state index is 13.1. The largest absolute Gasteiger partial charge is 0.472 e. The first-order valence-corrected chi connectivity index (χ1v) is 26.8. The Hall–Kier alpha value is -1.51. The third kappa shape index (κ3) is 41.2. The van der Waals surface area contributed by atoms with Gasteiger partial charge in [0.15, 0.2) is 12.2 Å². The lowest BCUT2D eigenvalue weighted by atomic mass is 10.1. The van der Waals surface area contributed by atoms with Crippen LogP contribution in [-0.2, 0) is 51.7 Å². The summed E-state index contributed by atoms with van der Waals surface area (Å²) in [6, 6.07) is 0. The van der Waals surface area contributed by atoms with E-state index in [1.54, 1.807) is 0 Å². The van der Waals surface area contributed by atoms with E-state index in [9.17, 15) is 28.6 Å². The summed E-state index contributed by atoms with van der Waals surface area (Å²) in [6.07, 6.45) is 28.2. The molecule has 0 aromatic carbocycles. The fourth-order valence-electron chi connectivity index (χ4n) is 7.13. The Morgan fingerprint density at radius 2 is 0.785 bits per heavy atom. The van der Waals surface area contributed by atoms with Crippen LogP contribution in [0.5, 0.6) is 0 Å². The van der Waals surface area contributed by atoms with E-state index in [-0.39, 0.29) is 63.7 Å². The summed E-state index contributed by atoms with van der Waals surface area (Å²) in [5.41, 5.74) is 0. The topological polar surface area (TPSA) is 185 Å². The number of hydrogen-bond donors (Lipinski definition) is 3. The number of rotatable bonds is 46. The Bertz CT molecular complexity index is 1250. The minimum absolute atomic E-state index is 0. The van der Waals surface area contributed by atoms with Crippen LogP contribution in [0.1, 0.15) is 206 Å². The van der Waals surface area contributed by atoms with Gasteiger partial charge in [0.1, 0.15) is 13.2 Å². The predicted octanol–water partition coefficient (Wildman–Crippen LogP) is 11.1. The van der Waals surface area contributed by atoms with Crippen LogP contribution in [0, 0.1) is 11.8 Å². The number of hydrogen-bond acceptors (Lipinski definition) is 13. The van der Waals surface area contributed by atoms with Crippen molar-refractivity contribution >= 4 is 56.5 Å². The lowest BCUT2D eigenvalue weighted by molar-refractivity contribution is -0.162. The van der Waals surface area contributed by atoms with Crippen molar-refractivity contribution in [2.45, 2.75) is 219 Å². The van der Waals surface area contributed by atoms with Crippen LogP contribution in [0.15, 0.2) is 0 Å². The molecule has 2 aliphatic rings. The van der Waals surface area contributed by atoms with E-state index in [1.807, 2.05) is 0 Å². The van der Waals surface area contributed by atoms with Gasteiger partial charge in [0.2, 0.25) is 0 Å². The molecular weight excluding hydrogens is 898 g/mol. The summed E-state index contributed by atoms with van der Waals surface area (Å²) in [5.74, 6) is -0.744. The van der Waals surface area contributed by atoms with Crippen LogP contribution in [0.25, 0.3) is 0 Å². The molecule has 2 saturated carbocycles. The van der Waals surface area contributed by atoms with Crippen molar-refractivity contribution in [1.29, 1.82) is 0 Å². The van der Waals surface area contributed by atoms with Gasteiger partial charge in [0.05, 0.1) is 26.1 Å². The lowest BCUT2D eigenvalue weighted by Crippen LogP contribution is -2.32. The Morgan fingerprint density at radius 1 is 0.477 bits per heavy atom. The molecule has 0 radical (unpaired) electrons. The number of nitrogens with one attached hydrogen (secondary N) is 2. The summed E-state index contributed by atoms with van der Waals surface area (Å²) in [5, 5.41) is 6.44. The molecule has 65 heavy (non-hydrogen) atoms. The highest BCUT2D eigenvalue weighted by atomic mass is 35.5. The Morgan fingerprint density at radius 3 is 1.15 bits per heavy atom. The molecule has 0 heterocycles. The van der Waals surface area contributed by atoms with Crippen LogP contribution in [0.3, 0.4) is 0 Å². The number of esters is 4. The molecule has 0 aromatic rings. The molecule has 2 aliphatic carbocycles. The summed E-state index contributed by atoms with van der Waals surface area (Å²) < 4.78 is 45.4. The molecule has 3 atom stereocenters. The zero-order valence-electron chi connectivity index (χ0n) is 40.4. The predicted molar refractivity (Wildman–Crippen MR) is 260 cm³/mol. The average molecular weight is 990 g/mol. The molecule has 2 fully saturated rings. The van der Waals surface area contributed by atoms with Gasteiger partial charge in [-0.2, -0.15) is 0 Å². The van der Waals surface area contributed by atoms with Gasteiger partial charge in [-0.25, -0.2) is 4.57 Å². The zero-order chi connectivity index (χ0) is 45.6. The molecule has 0 spiro atoms. The second-order valence-electron chi connectivity index (χ2n) is 18.0. The molecular formula is C48H91Cl2N2O12P. The van der Waals surface area contributed by atoms with Crippen LogP contribution in [0.4, 0.5) is 0 Å². The minimum atomic E-state index is -4.81. The number of halogens is 2. The zero-order valence-corrected chi connectivity index (χ0v) is 42.9. The second kappa shape index (κ2) is 42.6. The molecule has 0 aromatic heterocycles. The fourth-order valence-corrected chi connectivity index (χ4v) is 7.92. The maximum atomic E-state index is 13.1. The van der Waals surface area contributed by atoms with Crippen molar-refractivity contribution in [2.75, 3.05) is 52.6 Å². The molecule has 0 aliphatic heterocycles. The number of phosphoric ester groups is 1. The van der Waals surface area contributed by atoms with Gasteiger partial charge in [0, 0.05) is 25.9 Å². The van der Waals surface area contributed by atoms with Crippen LogP contribution >= 0.6 is 32.6 Å². The summed E-state index contributed by atoms with van der Waals surface area (Å²) >= 11 is 0. The van der Waals surface area contributed by atoms with Crippen LogP contribution in [-0.4, -0.2) is 93.6 Å². The monoisotopic (exact) mass is 989 g/mol. The van der Waals surface area contributed by atoms with E-state index in [4.69, 9.17) is 28.0 Å². The molecule has 2 rings (SSSR count). The first-order chi connectivity index (χ1) is 30.6. The van der Waals surface area contributed by atoms with Crippen molar-refractivity contribution in [3.8, 4) is 0 Å². The van der Waals surface area contributed by atoms with Gasteiger partial charge in [-0.1, -0.05) is 142 Å². The molecule has 17 heteroatoms. The molecule has 14 nitrogen and oxygen atoms in total. The summed E-state index contributed by atoms with van der Waals surface area (Å²) in [7, 11) is -4.81. The summed E-state index contributed by atoms with van der Waals surface area (Å²) in [4.78, 5) is 61.3. The van der Waals surface area contributed by atoms with E-state index in [0.717, 1.165) is 51.6 Å². The Kier molecular flexibility index (Phi) is 41.6. The Balaban J connectivity index is 0.0000205. The molecule has 3 N–H and O–H groups in total. The highest BCUT2D eigenvalue weighted by Gasteiger charge is 2.29. The summed E-state index contributed by atoms with van der Waals surface area (Å²) in [6.45, 7) is 5.07. The van der Waals surface area contributed by atoms with Gasteiger partial charge in [-0.3, -0.25) is 28.2 Å². The third-order valence-electron chi connectivity index (χ3n) is 11.5. The van der Waals surface area contributed by atoms with Gasteiger partial charge >= 0.3 is 31.7 Å². The normalized spacial score (nSPS) is 15.2. The van der Waals surface area contributed by atoms with E-state index in [1.165, 1.54) is 116 Å². The highest BCUT2D eigenvalue weighted by molar-refractivity contribution is 7.47. The standard InChI is InChI=1S/C48H89N2O12P.2ClH/c1-3-5-7-9-11-13-15-17-19-21-23-25-45(51)57-37-43(61-47(53)26-24-22-20-18-16-14-12-10-8-6-4-2)39-59-63(55,56)60-40-44(62-48(54)32-34-50-36-42-29-30-42)38-58-46(52)31-33-49-35-41-27-28-41;;/h41-44,49-50H,3-40H2,1-2H3,(H,55,56);2*1H. The molecule has 0 bridgehead atoms. The van der Waals surface area contributed by atoms with Crippen LogP contribution < -0.4 is 10.6 Å². The minimum Gasteiger partial charge on any atom is -0.462 e. The fraction of sp³-hybridized carbons (Fsp3) is 0.917. The van der Waals surface area contributed by atoms with Gasteiger partial charge in [0.25, 0.3) is 0 Å². The van der Waals surface area contributed by atoms with E-state index in [0.29, 0.717) is 37.8 Å². The molecule has 3 unspecified atom stereocenters. The van der Waals surface area contributed by atoms with E-state index >= 15 is 0 Å². The number of carbonyl (C=O) groups excluding carboxylic acids is 4. The van der Waals surface area contributed by atoms with Gasteiger partial charge in [-0.05, 0) is 63.5 Å². The van der Waals surface area contributed by atoms with E-state index < -0.39 is 57.1 Å². The number of ether oxygens (including phenoxy) is 4. The van der Waals surface area contributed by atoms with Crippen molar-refractivity contribution < 1.29 is 56.6 Å². The Labute approximate surface area is 405 Å². The first-order valence-electron chi connectivity index (χ1n) is 25.3. The molecule has 0 saturated heterocycles. The van der Waals surface area contributed by atoms with Crippen molar-refractivity contribution in [3.63, 3.8) is 0 Å². The molecule has 0 amide bonds. The second-order valence-corrected chi connectivity index (χ2v) is 19.5. The van der Waals surface area contributed by atoms with Crippen LogP contribution in [0.2, 0.25) is 0 Å².